The van der Waals surface area contributed by atoms with Crippen LogP contribution in [0.2, 0.25) is 0 Å². The van der Waals surface area contributed by atoms with Crippen LogP contribution in [0.25, 0.3) is 43.6 Å². The average Bonchev–Trinajstić information content (AvgIpc) is 3.50. The Kier molecular flexibility index (Phi) is 5.88. The van der Waals surface area contributed by atoms with Gasteiger partial charge in [0.2, 0.25) is 0 Å². The van der Waals surface area contributed by atoms with Crippen molar-refractivity contribution in [2.45, 2.75) is 26.9 Å². The van der Waals surface area contributed by atoms with Crippen molar-refractivity contribution >= 4 is 43.6 Å². The number of para-hydroxylation sites is 2. The van der Waals surface area contributed by atoms with Crippen molar-refractivity contribution in [3.63, 3.8) is 0 Å². The van der Waals surface area contributed by atoms with Gasteiger partial charge in [0.1, 0.15) is 0 Å². The lowest BCUT2D eigenvalue weighted by molar-refractivity contribution is 0.827. The highest BCUT2D eigenvalue weighted by Gasteiger charge is 2.10. The summed E-state index contributed by atoms with van der Waals surface area (Å²) in [6.45, 7) is 6.27. The number of aromatic nitrogens is 2. The molecule has 2 heterocycles. The quantitative estimate of drug-likeness (QED) is 0.205. The zero-order valence-corrected chi connectivity index (χ0v) is 22.7. The Morgan fingerprint density at radius 3 is 1.27 bits per heavy atom. The highest BCUT2D eigenvalue weighted by Crippen LogP contribution is 2.30. The van der Waals surface area contributed by atoms with E-state index in [1.165, 1.54) is 43.6 Å². The van der Waals surface area contributed by atoms with Crippen molar-refractivity contribution < 1.29 is 0 Å². The number of hydrogen-bond acceptors (Lipinski definition) is 0. The third-order valence-corrected chi connectivity index (χ3v) is 7.79. The van der Waals surface area contributed by atoms with E-state index in [2.05, 4.69) is 144 Å². The van der Waals surface area contributed by atoms with Crippen molar-refractivity contribution in [2.24, 2.45) is 0 Å². The molecule has 2 heteroatoms. The monoisotopic (exact) mass is 512 g/mol. The molecule has 0 saturated carbocycles. The van der Waals surface area contributed by atoms with Crippen LogP contribution in [0.1, 0.15) is 36.1 Å². The third-order valence-electron chi connectivity index (χ3n) is 7.79. The van der Waals surface area contributed by atoms with Crippen LogP contribution in [0, 0.1) is 23.7 Å². The van der Waals surface area contributed by atoms with E-state index in [1.807, 2.05) is 12.1 Å². The molecule has 0 saturated heterocycles. The van der Waals surface area contributed by atoms with Gasteiger partial charge in [-0.2, -0.15) is 0 Å². The van der Waals surface area contributed by atoms with E-state index >= 15 is 0 Å². The van der Waals surface area contributed by atoms with Crippen LogP contribution in [-0.4, -0.2) is 9.13 Å². The highest BCUT2D eigenvalue weighted by molar-refractivity contribution is 6.09. The zero-order chi connectivity index (χ0) is 27.1. The minimum atomic E-state index is 0.939. The lowest BCUT2D eigenvalue weighted by Gasteiger charge is -2.02. The molecule has 190 valence electrons. The maximum Gasteiger partial charge on any atom is 0.0492 e. The van der Waals surface area contributed by atoms with Crippen molar-refractivity contribution in [3.8, 4) is 23.7 Å². The maximum atomic E-state index is 3.41. The predicted molar refractivity (Wildman–Crippen MR) is 169 cm³/mol. The van der Waals surface area contributed by atoms with Gasteiger partial charge < -0.3 is 9.13 Å². The third kappa shape index (κ3) is 3.94. The SMILES string of the molecule is CCn1c2ccccc2c2cc(C#Cc3ccccc3C#Cc3ccc4c(c3)c3ccccc3n4CC)ccc21. The van der Waals surface area contributed by atoms with Crippen molar-refractivity contribution in [1.82, 2.24) is 9.13 Å². The Labute approximate surface area is 234 Å². The first-order chi connectivity index (χ1) is 19.7. The van der Waals surface area contributed by atoms with Crippen LogP contribution < -0.4 is 0 Å². The fourth-order valence-electron chi connectivity index (χ4n) is 5.92. The molecule has 0 atom stereocenters. The van der Waals surface area contributed by atoms with Crippen LogP contribution in [0.5, 0.6) is 0 Å². The van der Waals surface area contributed by atoms with Crippen molar-refractivity contribution in [2.75, 3.05) is 0 Å². The van der Waals surface area contributed by atoms with E-state index in [-0.39, 0.29) is 0 Å². The van der Waals surface area contributed by atoms with Gasteiger partial charge in [0.05, 0.1) is 0 Å². The van der Waals surface area contributed by atoms with Gasteiger partial charge in [-0.1, -0.05) is 72.2 Å². The molecule has 2 aromatic heterocycles. The van der Waals surface area contributed by atoms with Crippen LogP contribution in [0.4, 0.5) is 0 Å². The summed E-state index contributed by atoms with van der Waals surface area (Å²) in [6.07, 6.45) is 0. The second-order valence-electron chi connectivity index (χ2n) is 10.0. The van der Waals surface area contributed by atoms with E-state index in [9.17, 15) is 0 Å². The van der Waals surface area contributed by atoms with E-state index in [0.717, 1.165) is 35.3 Å². The van der Waals surface area contributed by atoms with Gasteiger partial charge in [-0.15, -0.1) is 0 Å². The van der Waals surface area contributed by atoms with E-state index in [4.69, 9.17) is 0 Å². The summed E-state index contributed by atoms with van der Waals surface area (Å²) >= 11 is 0. The fraction of sp³-hybridized carbons (Fsp3) is 0.105. The van der Waals surface area contributed by atoms with E-state index < -0.39 is 0 Å². The van der Waals surface area contributed by atoms with Crippen molar-refractivity contribution in [3.05, 3.63) is 131 Å². The Balaban J connectivity index is 1.26. The molecule has 7 rings (SSSR count). The number of hydrogen-bond donors (Lipinski definition) is 0. The fourth-order valence-corrected chi connectivity index (χ4v) is 5.92. The molecule has 0 N–H and O–H groups in total. The summed E-state index contributed by atoms with van der Waals surface area (Å²) in [5, 5.41) is 5.04. The van der Waals surface area contributed by atoms with Crippen LogP contribution in [0.15, 0.2) is 109 Å². The molecule has 0 bridgehead atoms. The zero-order valence-electron chi connectivity index (χ0n) is 22.7. The standard InChI is InChI=1S/C38H28N2/c1-3-39-35-15-9-7-13-31(35)33-25-27(19-23-37(33)39)17-21-29-11-5-6-12-30(29)22-18-28-20-24-38-34(26-28)32-14-8-10-16-36(32)40(38)4-2/h5-16,19-20,23-26H,3-4H2,1-2H3. The Hall–Kier alpha value is -5.18. The summed E-state index contributed by atoms with van der Waals surface area (Å²) in [7, 11) is 0. The van der Waals surface area contributed by atoms with Gasteiger partial charge in [0.15, 0.2) is 0 Å². The molecular weight excluding hydrogens is 484 g/mol. The van der Waals surface area contributed by atoms with Gasteiger partial charge in [-0.3, -0.25) is 0 Å². The minimum absolute atomic E-state index is 0.939. The Morgan fingerprint density at radius 2 is 0.825 bits per heavy atom. The van der Waals surface area contributed by atoms with Gasteiger partial charge in [-0.05, 0) is 74.5 Å². The largest absolute Gasteiger partial charge is 0.341 e. The van der Waals surface area contributed by atoms with Crippen LogP contribution in [-0.2, 0) is 13.1 Å². The first-order valence-corrected chi connectivity index (χ1v) is 13.9. The summed E-state index contributed by atoms with van der Waals surface area (Å²) in [5.74, 6) is 13.6. The predicted octanol–water partition coefficient (Wildman–Crippen LogP) is 8.74. The average molecular weight is 513 g/mol. The summed E-state index contributed by atoms with van der Waals surface area (Å²) in [4.78, 5) is 0. The molecule has 40 heavy (non-hydrogen) atoms. The first-order valence-electron chi connectivity index (χ1n) is 13.9. The molecule has 5 aromatic carbocycles. The topological polar surface area (TPSA) is 9.86 Å². The smallest absolute Gasteiger partial charge is 0.0492 e. The van der Waals surface area contributed by atoms with Gasteiger partial charge in [-0.25, -0.2) is 0 Å². The molecule has 0 aliphatic carbocycles. The number of rotatable bonds is 2. The summed E-state index contributed by atoms with van der Waals surface area (Å²) in [6, 6.07) is 38.4. The van der Waals surface area contributed by atoms with Crippen molar-refractivity contribution in [1.29, 1.82) is 0 Å². The second-order valence-corrected chi connectivity index (χ2v) is 10.0. The summed E-state index contributed by atoms with van der Waals surface area (Å²) in [5.41, 5.74) is 8.93. The first kappa shape index (κ1) is 23.9. The molecule has 0 unspecified atom stereocenters. The molecular formula is C38H28N2. The molecule has 0 radical (unpaired) electrons. The molecule has 0 fully saturated rings. The molecule has 7 aromatic rings. The number of benzene rings is 5. The molecule has 0 amide bonds. The molecule has 0 spiro atoms. The molecule has 2 nitrogen and oxygen atoms in total. The van der Waals surface area contributed by atoms with Gasteiger partial charge in [0.25, 0.3) is 0 Å². The molecule has 0 aliphatic rings. The van der Waals surface area contributed by atoms with Gasteiger partial charge >= 0.3 is 0 Å². The number of aryl methyl sites for hydroxylation is 2. The van der Waals surface area contributed by atoms with E-state index in [1.54, 1.807) is 0 Å². The second kappa shape index (κ2) is 9.85. The Bertz CT molecular complexity index is 2040. The minimum Gasteiger partial charge on any atom is -0.341 e. The summed E-state index contributed by atoms with van der Waals surface area (Å²) < 4.78 is 4.73. The van der Waals surface area contributed by atoms with Crippen LogP contribution in [0.3, 0.4) is 0 Å². The van der Waals surface area contributed by atoms with Gasteiger partial charge in [0, 0.05) is 79.0 Å². The number of fused-ring (bicyclic) bond motifs is 6. The van der Waals surface area contributed by atoms with E-state index in [0.29, 0.717) is 0 Å². The number of nitrogens with zero attached hydrogens (tertiary/aromatic N) is 2. The Morgan fingerprint density at radius 1 is 0.425 bits per heavy atom. The molecule has 0 aliphatic heterocycles. The lowest BCUT2D eigenvalue weighted by atomic mass is 10.1. The highest BCUT2D eigenvalue weighted by atomic mass is 15.0. The maximum absolute atomic E-state index is 3.41. The normalized spacial score (nSPS) is 11.1. The lowest BCUT2D eigenvalue weighted by Crippen LogP contribution is -1.92. The van der Waals surface area contributed by atoms with Crippen LogP contribution >= 0.6 is 0 Å².